The molecule has 7 N–H and O–H groups in total. The van der Waals surface area contributed by atoms with Crippen molar-refractivity contribution in [3.8, 4) is 0 Å². The van der Waals surface area contributed by atoms with Gasteiger partial charge in [0.25, 0.3) is 0 Å². The monoisotopic (exact) mass is 396 g/mol. The van der Waals surface area contributed by atoms with E-state index in [9.17, 15) is 19.2 Å². The minimum atomic E-state index is -1.14. The van der Waals surface area contributed by atoms with Crippen molar-refractivity contribution < 1.29 is 24.3 Å². The number of carbonyl (C=O) groups excluding carboxylic acids is 3. The van der Waals surface area contributed by atoms with Crippen LogP contribution in [-0.4, -0.2) is 63.4 Å². The zero-order valence-electron chi connectivity index (χ0n) is 16.2. The number of imidazole rings is 1. The molecule has 0 radical (unpaired) electrons. The molecule has 0 bridgehead atoms. The topological polar surface area (TPSA) is 179 Å². The number of rotatable bonds is 11. The van der Waals surface area contributed by atoms with Gasteiger partial charge in [-0.05, 0) is 12.8 Å². The van der Waals surface area contributed by atoms with E-state index in [-0.39, 0.29) is 12.3 Å². The van der Waals surface area contributed by atoms with E-state index in [0.717, 1.165) is 0 Å². The van der Waals surface area contributed by atoms with Gasteiger partial charge < -0.3 is 31.8 Å². The SMILES string of the molecule is CCC(C)C(NC(=O)CNC(=O)C(C)NC(=O)C(N)Cc1cnc[nH]1)C(=O)O. The molecule has 1 rings (SSSR count). The van der Waals surface area contributed by atoms with Gasteiger partial charge in [-0.25, -0.2) is 9.78 Å². The quantitative estimate of drug-likeness (QED) is 0.264. The number of nitrogens with zero attached hydrogens (tertiary/aromatic N) is 1. The van der Waals surface area contributed by atoms with Gasteiger partial charge in [0.1, 0.15) is 12.1 Å². The van der Waals surface area contributed by atoms with Gasteiger partial charge in [0.15, 0.2) is 0 Å². The Morgan fingerprint density at radius 1 is 1.21 bits per heavy atom. The van der Waals surface area contributed by atoms with Crippen molar-refractivity contribution in [3.05, 3.63) is 18.2 Å². The molecule has 1 aromatic rings. The van der Waals surface area contributed by atoms with Crippen LogP contribution < -0.4 is 21.7 Å². The molecule has 4 unspecified atom stereocenters. The highest BCUT2D eigenvalue weighted by molar-refractivity contribution is 5.92. The van der Waals surface area contributed by atoms with E-state index in [1.807, 2.05) is 6.92 Å². The summed E-state index contributed by atoms with van der Waals surface area (Å²) in [6, 6.07) is -2.82. The average molecular weight is 396 g/mol. The molecule has 0 saturated heterocycles. The number of aromatic nitrogens is 2. The van der Waals surface area contributed by atoms with Crippen LogP contribution in [0.2, 0.25) is 0 Å². The van der Waals surface area contributed by atoms with Crippen LogP contribution >= 0.6 is 0 Å². The Hall–Kier alpha value is -2.95. The number of amides is 3. The molecule has 0 aromatic carbocycles. The fourth-order valence-electron chi connectivity index (χ4n) is 2.34. The van der Waals surface area contributed by atoms with Crippen LogP contribution in [0.1, 0.15) is 32.9 Å². The van der Waals surface area contributed by atoms with Crippen molar-refractivity contribution in [1.82, 2.24) is 25.9 Å². The molecule has 0 spiro atoms. The van der Waals surface area contributed by atoms with Crippen LogP contribution in [0.3, 0.4) is 0 Å². The molecule has 0 aliphatic carbocycles. The lowest BCUT2D eigenvalue weighted by Crippen LogP contribution is -2.53. The van der Waals surface area contributed by atoms with Crippen molar-refractivity contribution >= 4 is 23.7 Å². The average Bonchev–Trinajstić information content (AvgIpc) is 3.15. The third kappa shape index (κ3) is 7.35. The Bertz CT molecular complexity index is 678. The Kier molecular flexibility index (Phi) is 9.09. The van der Waals surface area contributed by atoms with Crippen molar-refractivity contribution in [2.75, 3.05) is 6.54 Å². The summed E-state index contributed by atoms with van der Waals surface area (Å²) in [7, 11) is 0. The van der Waals surface area contributed by atoms with Gasteiger partial charge in [0, 0.05) is 18.3 Å². The molecule has 3 amide bonds. The van der Waals surface area contributed by atoms with Crippen LogP contribution in [0.5, 0.6) is 0 Å². The van der Waals surface area contributed by atoms with E-state index >= 15 is 0 Å². The third-order valence-corrected chi connectivity index (χ3v) is 4.30. The number of hydrogen-bond acceptors (Lipinski definition) is 6. The van der Waals surface area contributed by atoms with Gasteiger partial charge in [0.2, 0.25) is 17.7 Å². The molecule has 11 nitrogen and oxygen atoms in total. The van der Waals surface area contributed by atoms with E-state index in [2.05, 4.69) is 25.9 Å². The highest BCUT2D eigenvalue weighted by Crippen LogP contribution is 2.07. The second-order valence-corrected chi connectivity index (χ2v) is 6.60. The number of aromatic amines is 1. The number of carboxylic acid groups (broad SMARTS) is 1. The first-order valence-electron chi connectivity index (χ1n) is 8.98. The van der Waals surface area contributed by atoms with Crippen LogP contribution in [-0.2, 0) is 25.6 Å². The summed E-state index contributed by atoms with van der Waals surface area (Å²) in [5.41, 5.74) is 6.48. The Balaban J connectivity index is 2.43. The van der Waals surface area contributed by atoms with Gasteiger partial charge in [0.05, 0.1) is 18.9 Å². The molecule has 0 aliphatic rings. The number of carboxylic acids is 1. The fourth-order valence-corrected chi connectivity index (χ4v) is 2.34. The Morgan fingerprint density at radius 3 is 2.43 bits per heavy atom. The number of aliphatic carboxylic acids is 1. The standard InChI is InChI=1S/C17H28N6O5/c1-4-9(2)14(17(27)28)23-13(24)7-20-15(25)10(3)22-16(26)12(18)5-11-6-19-8-21-11/h6,8-10,12,14H,4-5,7,18H2,1-3H3,(H,19,21)(H,20,25)(H,22,26)(H,23,24)(H,27,28). The summed E-state index contributed by atoms with van der Waals surface area (Å²) in [4.78, 5) is 53.9. The first kappa shape index (κ1) is 23.1. The lowest BCUT2D eigenvalue weighted by molar-refractivity contribution is -0.143. The lowest BCUT2D eigenvalue weighted by Gasteiger charge is -2.21. The molecule has 0 aliphatic heterocycles. The maximum Gasteiger partial charge on any atom is 0.326 e. The van der Waals surface area contributed by atoms with Gasteiger partial charge in [-0.15, -0.1) is 0 Å². The zero-order valence-corrected chi connectivity index (χ0v) is 16.2. The predicted molar refractivity (Wildman–Crippen MR) is 99.9 cm³/mol. The number of nitrogens with one attached hydrogen (secondary N) is 4. The van der Waals surface area contributed by atoms with Gasteiger partial charge in [-0.1, -0.05) is 20.3 Å². The molecular formula is C17H28N6O5. The lowest BCUT2D eigenvalue weighted by atomic mass is 9.99. The summed E-state index contributed by atoms with van der Waals surface area (Å²) in [6.45, 7) is 4.57. The molecule has 0 saturated carbocycles. The largest absolute Gasteiger partial charge is 0.480 e. The van der Waals surface area contributed by atoms with Gasteiger partial charge in [-0.2, -0.15) is 0 Å². The van der Waals surface area contributed by atoms with E-state index in [4.69, 9.17) is 10.8 Å². The van der Waals surface area contributed by atoms with Crippen molar-refractivity contribution in [2.24, 2.45) is 11.7 Å². The van der Waals surface area contributed by atoms with Gasteiger partial charge >= 0.3 is 5.97 Å². The molecule has 11 heteroatoms. The first-order valence-corrected chi connectivity index (χ1v) is 8.98. The van der Waals surface area contributed by atoms with Crippen LogP contribution in [0.25, 0.3) is 0 Å². The summed E-state index contributed by atoms with van der Waals surface area (Å²) < 4.78 is 0. The molecule has 4 atom stereocenters. The van der Waals surface area contributed by atoms with Gasteiger partial charge in [-0.3, -0.25) is 14.4 Å². The van der Waals surface area contributed by atoms with Crippen molar-refractivity contribution in [2.45, 2.75) is 51.7 Å². The highest BCUT2D eigenvalue weighted by atomic mass is 16.4. The molecule has 1 heterocycles. The number of H-pyrrole nitrogens is 1. The Labute approximate surface area is 162 Å². The number of nitrogens with two attached hydrogens (primary N) is 1. The molecule has 0 fully saturated rings. The molecular weight excluding hydrogens is 368 g/mol. The normalized spacial score (nSPS) is 15.0. The Morgan fingerprint density at radius 2 is 1.89 bits per heavy atom. The molecule has 1 aromatic heterocycles. The number of hydrogen-bond donors (Lipinski definition) is 6. The van der Waals surface area contributed by atoms with Crippen molar-refractivity contribution in [1.29, 1.82) is 0 Å². The number of carbonyl (C=O) groups is 4. The van der Waals surface area contributed by atoms with Crippen LogP contribution in [0.4, 0.5) is 0 Å². The maximum atomic E-state index is 12.1. The molecule has 156 valence electrons. The summed E-state index contributed by atoms with van der Waals surface area (Å²) in [6.07, 6.45) is 3.82. The minimum Gasteiger partial charge on any atom is -0.480 e. The van der Waals surface area contributed by atoms with Crippen LogP contribution in [0, 0.1) is 5.92 Å². The molecule has 28 heavy (non-hydrogen) atoms. The fraction of sp³-hybridized carbons (Fsp3) is 0.588. The van der Waals surface area contributed by atoms with E-state index in [0.29, 0.717) is 12.1 Å². The second kappa shape index (κ2) is 11.0. The second-order valence-electron chi connectivity index (χ2n) is 6.60. The van der Waals surface area contributed by atoms with Crippen molar-refractivity contribution in [3.63, 3.8) is 0 Å². The maximum absolute atomic E-state index is 12.1. The smallest absolute Gasteiger partial charge is 0.326 e. The third-order valence-electron chi connectivity index (χ3n) is 4.30. The summed E-state index contributed by atoms with van der Waals surface area (Å²) in [5.74, 6) is -3.14. The van der Waals surface area contributed by atoms with E-state index < -0.39 is 48.4 Å². The predicted octanol–water partition coefficient (Wildman–Crippen LogP) is -1.48. The van der Waals surface area contributed by atoms with E-state index in [1.54, 1.807) is 13.1 Å². The van der Waals surface area contributed by atoms with E-state index in [1.165, 1.54) is 13.3 Å². The zero-order chi connectivity index (χ0) is 21.3. The highest BCUT2D eigenvalue weighted by Gasteiger charge is 2.26. The summed E-state index contributed by atoms with van der Waals surface area (Å²) >= 11 is 0. The first-order chi connectivity index (χ1) is 13.1. The minimum absolute atomic E-state index is 0.231. The summed E-state index contributed by atoms with van der Waals surface area (Å²) in [5, 5.41) is 16.4. The van der Waals surface area contributed by atoms with Crippen LogP contribution in [0.15, 0.2) is 12.5 Å².